The summed E-state index contributed by atoms with van der Waals surface area (Å²) in [6, 6.07) is 6.05. The second-order valence-electron chi connectivity index (χ2n) is 5.51. The first-order valence-electron chi connectivity index (χ1n) is 7.07. The van der Waals surface area contributed by atoms with Crippen molar-refractivity contribution < 1.29 is 0 Å². The van der Waals surface area contributed by atoms with E-state index in [4.69, 9.17) is 17.3 Å². The maximum atomic E-state index is 6.27. The summed E-state index contributed by atoms with van der Waals surface area (Å²) in [7, 11) is 1.98. The first-order valence-corrected chi connectivity index (χ1v) is 8.24. The number of aryl methyl sites for hydroxylation is 2. The van der Waals surface area contributed by atoms with E-state index in [1.807, 2.05) is 29.9 Å². The van der Waals surface area contributed by atoms with Crippen LogP contribution in [0, 0.1) is 13.8 Å². The van der Waals surface area contributed by atoms with Crippen LogP contribution in [0.25, 0.3) is 0 Å². The summed E-state index contributed by atoms with van der Waals surface area (Å²) in [5.41, 5.74) is 11.0. The monoisotopic (exact) mass is 369 g/mol. The van der Waals surface area contributed by atoms with Gasteiger partial charge in [-0.25, -0.2) is 0 Å². The zero-order valence-corrected chi connectivity index (χ0v) is 15.0. The van der Waals surface area contributed by atoms with Gasteiger partial charge in [-0.05, 0) is 56.4 Å². The van der Waals surface area contributed by atoms with Gasteiger partial charge in [0.2, 0.25) is 0 Å². The third-order valence-electron chi connectivity index (χ3n) is 3.92. The van der Waals surface area contributed by atoms with Gasteiger partial charge in [-0.15, -0.1) is 0 Å². The quantitative estimate of drug-likeness (QED) is 0.866. The van der Waals surface area contributed by atoms with E-state index in [0.29, 0.717) is 0 Å². The molecule has 5 heteroatoms. The van der Waals surface area contributed by atoms with Crippen molar-refractivity contribution in [2.24, 2.45) is 12.8 Å². The Labute approximate surface area is 139 Å². The van der Waals surface area contributed by atoms with Crippen molar-refractivity contribution in [3.8, 4) is 0 Å². The summed E-state index contributed by atoms with van der Waals surface area (Å²) >= 11 is 9.66. The number of hydrogen-bond donors (Lipinski definition) is 1. The molecule has 0 saturated heterocycles. The van der Waals surface area contributed by atoms with Crippen LogP contribution in [-0.4, -0.2) is 15.8 Å². The highest BCUT2D eigenvalue weighted by atomic mass is 79.9. The zero-order valence-electron chi connectivity index (χ0n) is 12.7. The molecule has 114 valence electrons. The molecular weight excluding hydrogens is 350 g/mol. The number of rotatable bonds is 5. The Bertz CT molecular complexity index is 637. The lowest BCUT2D eigenvalue weighted by atomic mass is 9.99. The van der Waals surface area contributed by atoms with E-state index in [1.54, 1.807) is 0 Å². The number of nitrogens with zero attached hydrogens (tertiary/aromatic N) is 2. The Balaban J connectivity index is 1.97. The van der Waals surface area contributed by atoms with Crippen LogP contribution >= 0.6 is 27.5 Å². The van der Waals surface area contributed by atoms with Gasteiger partial charge < -0.3 is 5.73 Å². The predicted octanol–water partition coefficient (Wildman–Crippen LogP) is 3.96. The molecule has 2 aromatic rings. The summed E-state index contributed by atoms with van der Waals surface area (Å²) in [6.45, 7) is 4.16. The first kappa shape index (κ1) is 16.5. The van der Waals surface area contributed by atoms with Crippen molar-refractivity contribution in [1.82, 2.24) is 9.78 Å². The second kappa shape index (κ2) is 6.95. The Morgan fingerprint density at radius 3 is 2.67 bits per heavy atom. The molecule has 1 atom stereocenters. The summed E-state index contributed by atoms with van der Waals surface area (Å²) in [4.78, 5) is 0. The number of aromatic nitrogens is 2. The molecule has 0 aliphatic heterocycles. The van der Waals surface area contributed by atoms with Crippen molar-refractivity contribution in [3.05, 3.63) is 50.2 Å². The summed E-state index contributed by atoms with van der Waals surface area (Å²) in [5.74, 6) is 0. The number of hydrogen-bond acceptors (Lipinski definition) is 2. The van der Waals surface area contributed by atoms with Crippen molar-refractivity contribution in [2.75, 3.05) is 0 Å². The maximum Gasteiger partial charge on any atom is 0.0628 e. The largest absolute Gasteiger partial charge is 0.327 e. The number of halogens is 2. The van der Waals surface area contributed by atoms with Crippen LogP contribution in [0.3, 0.4) is 0 Å². The van der Waals surface area contributed by atoms with E-state index in [9.17, 15) is 0 Å². The van der Waals surface area contributed by atoms with E-state index in [2.05, 4.69) is 34.9 Å². The Hall–Kier alpha value is -0.840. The van der Waals surface area contributed by atoms with E-state index < -0.39 is 0 Å². The normalized spacial score (nSPS) is 12.7. The van der Waals surface area contributed by atoms with E-state index in [1.165, 1.54) is 11.3 Å². The average molecular weight is 371 g/mol. The van der Waals surface area contributed by atoms with Crippen LogP contribution in [0.1, 0.15) is 28.9 Å². The maximum absolute atomic E-state index is 6.27. The van der Waals surface area contributed by atoms with Gasteiger partial charge in [0.1, 0.15) is 0 Å². The van der Waals surface area contributed by atoms with Gasteiger partial charge in [-0.3, -0.25) is 4.68 Å². The topological polar surface area (TPSA) is 43.8 Å². The number of nitrogens with two attached hydrogens (primary N) is 1. The summed E-state index contributed by atoms with van der Waals surface area (Å²) < 4.78 is 2.92. The van der Waals surface area contributed by atoms with Gasteiger partial charge in [0.25, 0.3) is 0 Å². The van der Waals surface area contributed by atoms with Gasteiger partial charge in [0.05, 0.1) is 5.69 Å². The molecule has 2 N–H and O–H groups in total. The highest BCUT2D eigenvalue weighted by Crippen LogP contribution is 2.23. The molecule has 0 bridgehead atoms. The molecule has 1 heterocycles. The molecule has 3 nitrogen and oxygen atoms in total. The van der Waals surface area contributed by atoms with E-state index in [0.717, 1.165) is 40.0 Å². The molecular formula is C16H21BrClN3. The molecule has 0 aliphatic carbocycles. The van der Waals surface area contributed by atoms with Crippen LogP contribution in [0.15, 0.2) is 22.7 Å². The Morgan fingerprint density at radius 2 is 2.10 bits per heavy atom. The van der Waals surface area contributed by atoms with E-state index >= 15 is 0 Å². The van der Waals surface area contributed by atoms with Crippen molar-refractivity contribution in [3.63, 3.8) is 0 Å². The van der Waals surface area contributed by atoms with E-state index in [-0.39, 0.29) is 6.04 Å². The standard InChI is InChI=1S/C16H21BrClN3/c1-10-15(11(2)21(3)20-10)7-6-14(19)8-12-4-5-13(17)9-16(12)18/h4-5,9,14H,6-8,19H2,1-3H3. The fourth-order valence-corrected chi connectivity index (χ4v) is 3.33. The SMILES string of the molecule is Cc1nn(C)c(C)c1CCC(N)Cc1ccc(Br)cc1Cl. The van der Waals surface area contributed by atoms with Gasteiger partial charge in [-0.2, -0.15) is 5.10 Å². The molecule has 0 amide bonds. The molecule has 0 aliphatic rings. The molecule has 0 saturated carbocycles. The van der Waals surface area contributed by atoms with Gasteiger partial charge >= 0.3 is 0 Å². The van der Waals surface area contributed by atoms with Crippen molar-refractivity contribution in [1.29, 1.82) is 0 Å². The molecule has 0 spiro atoms. The Morgan fingerprint density at radius 1 is 1.38 bits per heavy atom. The fourth-order valence-electron chi connectivity index (χ4n) is 2.58. The summed E-state index contributed by atoms with van der Waals surface area (Å²) in [5, 5.41) is 5.22. The summed E-state index contributed by atoms with van der Waals surface area (Å²) in [6.07, 6.45) is 2.69. The molecule has 2 rings (SSSR count). The molecule has 1 aromatic carbocycles. The predicted molar refractivity (Wildman–Crippen MR) is 91.8 cm³/mol. The second-order valence-corrected chi connectivity index (χ2v) is 6.83. The van der Waals surface area contributed by atoms with Crippen LogP contribution < -0.4 is 5.73 Å². The zero-order chi connectivity index (χ0) is 15.6. The molecule has 0 fully saturated rings. The number of benzene rings is 1. The lowest BCUT2D eigenvalue weighted by Crippen LogP contribution is -2.23. The highest BCUT2D eigenvalue weighted by Gasteiger charge is 2.12. The highest BCUT2D eigenvalue weighted by molar-refractivity contribution is 9.10. The van der Waals surface area contributed by atoms with Gasteiger partial charge in [0.15, 0.2) is 0 Å². The van der Waals surface area contributed by atoms with Crippen molar-refractivity contribution in [2.45, 2.75) is 39.2 Å². The van der Waals surface area contributed by atoms with Crippen LogP contribution in [0.4, 0.5) is 0 Å². The third kappa shape index (κ3) is 4.09. The molecule has 0 radical (unpaired) electrons. The van der Waals surface area contributed by atoms with Gasteiger partial charge in [-0.1, -0.05) is 33.6 Å². The smallest absolute Gasteiger partial charge is 0.0628 e. The molecule has 21 heavy (non-hydrogen) atoms. The molecule has 1 unspecified atom stereocenters. The minimum Gasteiger partial charge on any atom is -0.327 e. The fraction of sp³-hybridized carbons (Fsp3) is 0.438. The minimum atomic E-state index is 0.0997. The van der Waals surface area contributed by atoms with Crippen LogP contribution in [-0.2, 0) is 19.9 Å². The minimum absolute atomic E-state index is 0.0997. The third-order valence-corrected chi connectivity index (χ3v) is 4.77. The first-order chi connectivity index (χ1) is 9.88. The van der Waals surface area contributed by atoms with Gasteiger partial charge in [0, 0.05) is 28.3 Å². The average Bonchev–Trinajstić information content (AvgIpc) is 2.65. The van der Waals surface area contributed by atoms with Crippen molar-refractivity contribution >= 4 is 27.5 Å². The van der Waals surface area contributed by atoms with Crippen LogP contribution in [0.5, 0.6) is 0 Å². The van der Waals surface area contributed by atoms with Crippen LogP contribution in [0.2, 0.25) is 5.02 Å². The lowest BCUT2D eigenvalue weighted by Gasteiger charge is -2.13. The lowest BCUT2D eigenvalue weighted by molar-refractivity contribution is 0.608. The molecule has 1 aromatic heterocycles. The Kier molecular flexibility index (Phi) is 5.47.